The van der Waals surface area contributed by atoms with E-state index in [9.17, 15) is 0 Å². The van der Waals surface area contributed by atoms with Crippen LogP contribution in [0.2, 0.25) is 0 Å². The average Bonchev–Trinajstić information content (AvgIpc) is 2.34. The van der Waals surface area contributed by atoms with Crippen LogP contribution in [0.25, 0.3) is 0 Å². The highest BCUT2D eigenvalue weighted by Gasteiger charge is 1.95. The zero-order valence-corrected chi connectivity index (χ0v) is 11.6. The van der Waals surface area contributed by atoms with E-state index in [-0.39, 0.29) is 0 Å². The van der Waals surface area contributed by atoms with E-state index in [1.165, 1.54) is 18.4 Å². The summed E-state index contributed by atoms with van der Waals surface area (Å²) in [6.45, 7) is 6.27. The molecule has 0 atom stereocenters. The molecule has 0 aliphatic rings. The van der Waals surface area contributed by atoms with E-state index >= 15 is 0 Å². The van der Waals surface area contributed by atoms with Crippen molar-refractivity contribution in [2.75, 3.05) is 0 Å². The zero-order valence-electron chi connectivity index (χ0n) is 11.6. The molecular formula is C16H27N. The van der Waals surface area contributed by atoms with Gasteiger partial charge < -0.3 is 5.41 Å². The van der Waals surface area contributed by atoms with E-state index in [0.717, 1.165) is 31.4 Å². The van der Waals surface area contributed by atoms with Crippen molar-refractivity contribution >= 4 is 5.71 Å². The first-order valence-electron chi connectivity index (χ1n) is 6.76. The van der Waals surface area contributed by atoms with Gasteiger partial charge in [0, 0.05) is 5.71 Å². The lowest BCUT2D eigenvalue weighted by Gasteiger charge is -2.00. The molecule has 0 aromatic carbocycles. The molecule has 0 radical (unpaired) electrons. The Morgan fingerprint density at radius 3 is 2.35 bits per heavy atom. The van der Waals surface area contributed by atoms with Gasteiger partial charge in [0.05, 0.1) is 0 Å². The van der Waals surface area contributed by atoms with E-state index in [4.69, 9.17) is 5.41 Å². The third-order valence-electron chi connectivity index (χ3n) is 2.68. The van der Waals surface area contributed by atoms with Gasteiger partial charge in [-0.2, -0.15) is 0 Å². The van der Waals surface area contributed by atoms with E-state index in [2.05, 4.69) is 44.2 Å². The van der Waals surface area contributed by atoms with Gasteiger partial charge in [0.1, 0.15) is 0 Å². The molecule has 1 N–H and O–H groups in total. The fraction of sp³-hybridized carbons (Fsp3) is 0.562. The minimum atomic E-state index is 0.917. The van der Waals surface area contributed by atoms with E-state index < -0.39 is 0 Å². The first kappa shape index (κ1) is 15.9. The maximum Gasteiger partial charge on any atom is 0.00892 e. The highest BCUT2D eigenvalue weighted by atomic mass is 14.4. The molecule has 0 rings (SSSR count). The average molecular weight is 233 g/mol. The Balaban J connectivity index is 3.70. The third kappa shape index (κ3) is 9.80. The lowest BCUT2D eigenvalue weighted by atomic mass is 10.1. The monoisotopic (exact) mass is 233 g/mol. The second-order valence-electron chi connectivity index (χ2n) is 4.29. The molecular weight excluding hydrogens is 206 g/mol. The molecule has 0 heterocycles. The summed E-state index contributed by atoms with van der Waals surface area (Å²) >= 11 is 0. The van der Waals surface area contributed by atoms with Crippen LogP contribution >= 0.6 is 0 Å². The predicted molar refractivity (Wildman–Crippen MR) is 78.8 cm³/mol. The third-order valence-corrected chi connectivity index (χ3v) is 2.68. The molecule has 0 amide bonds. The van der Waals surface area contributed by atoms with Gasteiger partial charge in [-0.05, 0) is 51.5 Å². The molecule has 0 aromatic heterocycles. The Hall–Kier alpha value is -1.11. The molecule has 0 fully saturated rings. The van der Waals surface area contributed by atoms with Crippen molar-refractivity contribution in [1.29, 1.82) is 5.41 Å². The normalized spacial score (nSPS) is 12.8. The van der Waals surface area contributed by atoms with Gasteiger partial charge in [-0.3, -0.25) is 0 Å². The van der Waals surface area contributed by atoms with E-state index in [1.54, 1.807) is 0 Å². The number of unbranched alkanes of at least 4 members (excludes halogenated alkanes) is 2. The Morgan fingerprint density at radius 2 is 1.76 bits per heavy atom. The van der Waals surface area contributed by atoms with Crippen LogP contribution in [-0.4, -0.2) is 5.71 Å². The number of hydrogen-bond donors (Lipinski definition) is 1. The summed E-state index contributed by atoms with van der Waals surface area (Å²) in [5, 5.41) is 7.77. The second kappa shape index (κ2) is 11.4. The Kier molecular flexibility index (Phi) is 10.6. The fourth-order valence-electron chi connectivity index (χ4n) is 1.61. The second-order valence-corrected chi connectivity index (χ2v) is 4.29. The SMILES string of the molecule is CC=CC(C=CCCCC(=N)CCCC)=CC. The van der Waals surface area contributed by atoms with Gasteiger partial charge in [0.2, 0.25) is 0 Å². The molecule has 0 saturated heterocycles. The molecule has 1 nitrogen and oxygen atoms in total. The number of rotatable bonds is 9. The van der Waals surface area contributed by atoms with Crippen LogP contribution in [0.3, 0.4) is 0 Å². The summed E-state index contributed by atoms with van der Waals surface area (Å²) in [5.74, 6) is 0. The number of hydrogen-bond acceptors (Lipinski definition) is 1. The molecule has 0 bridgehead atoms. The smallest absolute Gasteiger partial charge is 0.00892 e. The molecule has 0 saturated carbocycles. The Morgan fingerprint density at radius 1 is 1.06 bits per heavy atom. The maximum atomic E-state index is 7.77. The van der Waals surface area contributed by atoms with Crippen LogP contribution in [0.1, 0.15) is 59.3 Å². The van der Waals surface area contributed by atoms with Crippen molar-refractivity contribution in [2.24, 2.45) is 0 Å². The van der Waals surface area contributed by atoms with Crippen molar-refractivity contribution in [3.8, 4) is 0 Å². The van der Waals surface area contributed by atoms with Crippen molar-refractivity contribution in [3.05, 3.63) is 36.0 Å². The van der Waals surface area contributed by atoms with Gasteiger partial charge in [0.15, 0.2) is 0 Å². The molecule has 0 unspecified atom stereocenters. The minimum Gasteiger partial charge on any atom is -0.310 e. The van der Waals surface area contributed by atoms with Crippen LogP contribution in [0.5, 0.6) is 0 Å². The van der Waals surface area contributed by atoms with Crippen LogP contribution in [0, 0.1) is 5.41 Å². The van der Waals surface area contributed by atoms with Crippen molar-refractivity contribution in [2.45, 2.75) is 59.3 Å². The molecule has 0 aliphatic carbocycles. The molecule has 17 heavy (non-hydrogen) atoms. The molecule has 96 valence electrons. The Bertz CT molecular complexity index is 282. The summed E-state index contributed by atoms with van der Waals surface area (Å²) in [7, 11) is 0. The summed E-state index contributed by atoms with van der Waals surface area (Å²) in [6.07, 6.45) is 17.1. The quantitative estimate of drug-likeness (QED) is 0.311. The summed E-state index contributed by atoms with van der Waals surface area (Å²) < 4.78 is 0. The highest BCUT2D eigenvalue weighted by molar-refractivity contribution is 5.81. The van der Waals surface area contributed by atoms with Gasteiger partial charge in [-0.1, -0.05) is 43.7 Å². The molecule has 0 spiro atoms. The zero-order chi connectivity index (χ0) is 12.9. The molecule has 1 heteroatoms. The largest absolute Gasteiger partial charge is 0.310 e. The standard InChI is InChI=1S/C16H27N/c1-4-7-13-16(17)14-10-8-9-12-15(6-3)11-5-2/h5-6,9,11-12,17H,4,7-8,10,13-14H2,1-3H3. The number of allylic oxidation sites excluding steroid dienone is 6. The molecule has 0 aliphatic heterocycles. The van der Waals surface area contributed by atoms with Crippen LogP contribution in [0.15, 0.2) is 36.0 Å². The van der Waals surface area contributed by atoms with Crippen molar-refractivity contribution in [1.82, 2.24) is 0 Å². The van der Waals surface area contributed by atoms with Gasteiger partial charge in [0.25, 0.3) is 0 Å². The van der Waals surface area contributed by atoms with Gasteiger partial charge in [-0.15, -0.1) is 0 Å². The van der Waals surface area contributed by atoms with E-state index in [1.807, 2.05) is 6.92 Å². The van der Waals surface area contributed by atoms with Crippen LogP contribution < -0.4 is 0 Å². The highest BCUT2D eigenvalue weighted by Crippen LogP contribution is 2.06. The maximum absolute atomic E-state index is 7.77. The number of nitrogens with one attached hydrogen (secondary N) is 1. The lowest BCUT2D eigenvalue weighted by Crippen LogP contribution is -1.95. The summed E-state index contributed by atoms with van der Waals surface area (Å²) in [4.78, 5) is 0. The minimum absolute atomic E-state index is 0.917. The van der Waals surface area contributed by atoms with E-state index in [0.29, 0.717) is 0 Å². The summed E-state index contributed by atoms with van der Waals surface area (Å²) in [5.41, 5.74) is 2.17. The molecule has 0 aromatic rings. The topological polar surface area (TPSA) is 23.9 Å². The van der Waals surface area contributed by atoms with Crippen LogP contribution in [0.4, 0.5) is 0 Å². The van der Waals surface area contributed by atoms with Crippen molar-refractivity contribution < 1.29 is 0 Å². The first-order valence-corrected chi connectivity index (χ1v) is 6.76. The predicted octanol–water partition coefficient (Wildman–Crippen LogP) is 5.45. The fourth-order valence-corrected chi connectivity index (χ4v) is 1.61. The first-order chi connectivity index (χ1) is 8.24. The van der Waals surface area contributed by atoms with Gasteiger partial charge >= 0.3 is 0 Å². The van der Waals surface area contributed by atoms with Gasteiger partial charge in [-0.25, -0.2) is 0 Å². The lowest BCUT2D eigenvalue weighted by molar-refractivity contribution is 0.799. The Labute approximate surface area is 107 Å². The van der Waals surface area contributed by atoms with Crippen molar-refractivity contribution in [3.63, 3.8) is 0 Å². The summed E-state index contributed by atoms with van der Waals surface area (Å²) in [6, 6.07) is 0. The van der Waals surface area contributed by atoms with Crippen LogP contribution in [-0.2, 0) is 0 Å².